The van der Waals surface area contributed by atoms with E-state index in [1.54, 1.807) is 18.6 Å². The third-order valence-electron chi connectivity index (χ3n) is 7.31. The number of rotatable bonds is 9. The average Bonchev–Trinajstić information content (AvgIpc) is 3.38. The Hall–Kier alpha value is -4.19. The Kier molecular flexibility index (Phi) is 9.72. The van der Waals surface area contributed by atoms with Gasteiger partial charge in [0.25, 0.3) is 5.56 Å². The Morgan fingerprint density at radius 2 is 1.76 bits per heavy atom. The summed E-state index contributed by atoms with van der Waals surface area (Å²) in [5.74, 6) is 0.615. The summed E-state index contributed by atoms with van der Waals surface area (Å²) in [4.78, 5) is 33.2. The predicted octanol–water partition coefficient (Wildman–Crippen LogP) is 6.78. The summed E-state index contributed by atoms with van der Waals surface area (Å²) in [7, 11) is 1.58. The maximum Gasteiger partial charge on any atom is 0.338 e. The predicted molar refractivity (Wildman–Crippen MR) is 189 cm³/mol. The van der Waals surface area contributed by atoms with Crippen LogP contribution in [0.3, 0.4) is 0 Å². The van der Waals surface area contributed by atoms with Crippen molar-refractivity contribution in [2.24, 2.45) is 4.99 Å². The highest BCUT2D eigenvalue weighted by atomic mass is 127. The van der Waals surface area contributed by atoms with E-state index >= 15 is 0 Å². The highest BCUT2D eigenvalue weighted by Gasteiger charge is 2.35. The fourth-order valence-electron chi connectivity index (χ4n) is 5.29. The Bertz CT molecular complexity index is 2130. The maximum atomic E-state index is 14.2. The van der Waals surface area contributed by atoms with Gasteiger partial charge in [0, 0.05) is 10.6 Å². The summed E-state index contributed by atoms with van der Waals surface area (Å²) in [5, 5.41) is 0.638. The zero-order valence-electron chi connectivity index (χ0n) is 24.9. The van der Waals surface area contributed by atoms with E-state index in [0.717, 1.165) is 25.8 Å². The molecule has 232 valence electrons. The molecule has 0 saturated heterocycles. The molecule has 0 spiro atoms. The fourth-order valence-corrected chi connectivity index (χ4v) is 7.28. The van der Waals surface area contributed by atoms with Gasteiger partial charge >= 0.3 is 5.97 Å². The number of nitrogens with zero attached hydrogens (tertiary/aromatic N) is 2. The lowest BCUT2D eigenvalue weighted by molar-refractivity contribution is -0.138. The lowest BCUT2D eigenvalue weighted by Crippen LogP contribution is -2.40. The van der Waals surface area contributed by atoms with Crippen molar-refractivity contribution in [1.29, 1.82) is 0 Å². The molecule has 1 aliphatic rings. The van der Waals surface area contributed by atoms with Gasteiger partial charge < -0.3 is 14.2 Å². The van der Waals surface area contributed by atoms with Gasteiger partial charge in [0.1, 0.15) is 6.61 Å². The van der Waals surface area contributed by atoms with E-state index in [-0.39, 0.29) is 12.2 Å². The third-order valence-corrected chi connectivity index (χ3v) is 9.33. The lowest BCUT2D eigenvalue weighted by Gasteiger charge is -2.25. The van der Waals surface area contributed by atoms with Crippen molar-refractivity contribution in [3.8, 4) is 11.5 Å². The molecule has 10 heteroatoms. The van der Waals surface area contributed by atoms with Crippen molar-refractivity contribution in [1.82, 2.24) is 4.57 Å². The molecule has 1 atom stereocenters. The molecular weight excluding hydrogens is 735 g/mol. The second-order valence-corrected chi connectivity index (χ2v) is 12.9. The van der Waals surface area contributed by atoms with Crippen molar-refractivity contribution >= 4 is 63.3 Å². The molecule has 5 aromatic rings. The topological polar surface area (TPSA) is 79.1 Å². The summed E-state index contributed by atoms with van der Waals surface area (Å²) in [6, 6.07) is 29.5. The smallest absolute Gasteiger partial charge is 0.338 e. The third kappa shape index (κ3) is 6.53. The van der Waals surface area contributed by atoms with Gasteiger partial charge in [0.05, 0.1) is 39.1 Å². The number of ether oxygens (including phenoxy) is 3. The number of esters is 1. The SMILES string of the molecule is CCOC(=O)C1=C(c2ccccc2)N=c2s/c(=C\c3cc(I)c(OCc4cccc(Cl)c4)c(OC)c3)c(=O)n2[C@@H]1c1ccccc1. The van der Waals surface area contributed by atoms with Crippen molar-refractivity contribution < 1.29 is 19.0 Å². The molecule has 6 rings (SSSR count). The van der Waals surface area contributed by atoms with Crippen LogP contribution >= 0.6 is 45.5 Å². The van der Waals surface area contributed by atoms with Gasteiger partial charge in [-0.3, -0.25) is 9.36 Å². The molecule has 2 heterocycles. The number of methoxy groups -OCH3 is 1. The van der Waals surface area contributed by atoms with Crippen LogP contribution < -0.4 is 24.4 Å². The van der Waals surface area contributed by atoms with Crippen LogP contribution in [0.4, 0.5) is 0 Å². The number of aromatic nitrogens is 1. The van der Waals surface area contributed by atoms with Crippen molar-refractivity contribution in [3.63, 3.8) is 0 Å². The minimum absolute atomic E-state index is 0.190. The number of carbonyl (C=O) groups excluding carboxylic acids is 1. The largest absolute Gasteiger partial charge is 0.493 e. The molecule has 0 saturated carbocycles. The van der Waals surface area contributed by atoms with Gasteiger partial charge in [-0.2, -0.15) is 0 Å². The first-order valence-electron chi connectivity index (χ1n) is 14.5. The highest BCUT2D eigenvalue weighted by Crippen LogP contribution is 2.36. The molecule has 0 amide bonds. The van der Waals surface area contributed by atoms with Crippen LogP contribution in [0.2, 0.25) is 5.02 Å². The number of hydrogen-bond donors (Lipinski definition) is 0. The average molecular weight is 763 g/mol. The summed E-state index contributed by atoms with van der Waals surface area (Å²) in [5.41, 5.74) is 3.76. The minimum atomic E-state index is -0.731. The highest BCUT2D eigenvalue weighted by molar-refractivity contribution is 14.1. The summed E-state index contributed by atoms with van der Waals surface area (Å²) in [6.45, 7) is 2.27. The molecular formula is C36H28ClIN2O5S. The van der Waals surface area contributed by atoms with Crippen LogP contribution in [0, 0.1) is 3.57 Å². The molecule has 1 aromatic heterocycles. The molecule has 0 N–H and O–H groups in total. The number of thiazole rings is 1. The summed E-state index contributed by atoms with van der Waals surface area (Å²) >= 11 is 9.61. The molecule has 0 unspecified atom stereocenters. The number of hydrogen-bond acceptors (Lipinski definition) is 7. The van der Waals surface area contributed by atoms with Crippen LogP contribution in [-0.4, -0.2) is 24.3 Å². The lowest BCUT2D eigenvalue weighted by atomic mass is 9.93. The summed E-state index contributed by atoms with van der Waals surface area (Å²) in [6.07, 6.45) is 1.81. The standard InChI is InChI=1S/C36H28ClIN2O5S/c1-3-44-35(42)30-31(24-12-6-4-7-13-24)39-36-40(32(30)25-14-8-5-9-15-25)34(41)29(46-36)20-23-18-27(38)33(28(19-23)43-2)45-21-22-11-10-16-26(37)17-22/h4-20,32H,3,21H2,1-2H3/b29-20-/t32-/m1/s1. The molecule has 46 heavy (non-hydrogen) atoms. The van der Waals surface area contributed by atoms with Gasteiger partial charge in [-0.1, -0.05) is 95.7 Å². The zero-order valence-corrected chi connectivity index (χ0v) is 28.6. The van der Waals surface area contributed by atoms with Gasteiger partial charge in [0.2, 0.25) is 0 Å². The second kappa shape index (κ2) is 14.1. The molecule has 1 aliphatic heterocycles. The number of halogens is 2. The van der Waals surface area contributed by atoms with E-state index in [9.17, 15) is 9.59 Å². The Morgan fingerprint density at radius 3 is 2.46 bits per heavy atom. The van der Waals surface area contributed by atoms with E-state index in [4.69, 9.17) is 30.8 Å². The van der Waals surface area contributed by atoms with E-state index < -0.39 is 12.0 Å². The first-order chi connectivity index (χ1) is 22.4. The van der Waals surface area contributed by atoms with Gasteiger partial charge in [-0.25, -0.2) is 9.79 Å². The Morgan fingerprint density at radius 1 is 1.02 bits per heavy atom. The van der Waals surface area contributed by atoms with E-state index in [0.29, 0.717) is 43.7 Å². The molecule has 0 bridgehead atoms. The summed E-state index contributed by atoms with van der Waals surface area (Å²) < 4.78 is 20.2. The Labute approximate surface area is 288 Å². The van der Waals surface area contributed by atoms with E-state index in [2.05, 4.69) is 22.6 Å². The van der Waals surface area contributed by atoms with E-state index in [1.165, 1.54) is 11.3 Å². The number of fused-ring (bicyclic) bond motifs is 1. The van der Waals surface area contributed by atoms with Crippen molar-refractivity contribution in [2.45, 2.75) is 19.6 Å². The minimum Gasteiger partial charge on any atom is -0.493 e. The van der Waals surface area contributed by atoms with Gasteiger partial charge in [-0.15, -0.1) is 0 Å². The zero-order chi connectivity index (χ0) is 32.2. The fraction of sp³-hybridized carbons (Fsp3) is 0.139. The Balaban J connectivity index is 1.48. The van der Waals surface area contributed by atoms with Crippen LogP contribution in [0.5, 0.6) is 11.5 Å². The maximum absolute atomic E-state index is 14.2. The monoisotopic (exact) mass is 762 g/mol. The second-order valence-electron chi connectivity index (χ2n) is 10.3. The normalized spacial score (nSPS) is 14.4. The molecule has 0 fully saturated rings. The van der Waals surface area contributed by atoms with Crippen LogP contribution in [0.15, 0.2) is 112 Å². The molecule has 4 aromatic carbocycles. The number of carbonyl (C=O) groups is 1. The molecule has 7 nitrogen and oxygen atoms in total. The van der Waals surface area contributed by atoms with E-state index in [1.807, 2.05) is 103 Å². The van der Waals surface area contributed by atoms with Crippen LogP contribution in [0.1, 0.15) is 35.2 Å². The van der Waals surface area contributed by atoms with Gasteiger partial charge in [0.15, 0.2) is 16.3 Å². The molecule has 0 aliphatic carbocycles. The molecule has 0 radical (unpaired) electrons. The van der Waals surface area contributed by atoms with Crippen LogP contribution in [0.25, 0.3) is 11.8 Å². The first-order valence-corrected chi connectivity index (χ1v) is 16.7. The number of benzene rings is 4. The van der Waals surface area contributed by atoms with Crippen LogP contribution in [-0.2, 0) is 16.1 Å². The quantitative estimate of drug-likeness (QED) is 0.122. The van der Waals surface area contributed by atoms with Crippen molar-refractivity contribution in [3.05, 3.63) is 153 Å². The van der Waals surface area contributed by atoms with Crippen molar-refractivity contribution in [2.75, 3.05) is 13.7 Å². The first kappa shape index (κ1) is 31.8. The van der Waals surface area contributed by atoms with Gasteiger partial charge in [-0.05, 0) is 76.5 Å².